The summed E-state index contributed by atoms with van der Waals surface area (Å²) in [6.07, 6.45) is 2.79. The molecule has 7 heteroatoms. The lowest BCUT2D eigenvalue weighted by Gasteiger charge is -2.08. The molecule has 1 aromatic carbocycles. The minimum Gasteiger partial charge on any atom is -0.481 e. The van der Waals surface area contributed by atoms with Crippen molar-refractivity contribution in [2.75, 3.05) is 18.1 Å². The number of halogens is 1. The molecule has 0 aliphatic rings. The van der Waals surface area contributed by atoms with E-state index in [0.29, 0.717) is 11.6 Å². The fourth-order valence-corrected chi connectivity index (χ4v) is 2.74. The number of hydrogen-bond acceptors (Lipinski definition) is 4. The van der Waals surface area contributed by atoms with Crippen molar-refractivity contribution in [3.63, 3.8) is 0 Å². The first kappa shape index (κ1) is 14.8. The van der Waals surface area contributed by atoms with Crippen LogP contribution in [0.5, 0.6) is 5.88 Å². The van der Waals surface area contributed by atoms with E-state index in [1.807, 2.05) is 12.1 Å². The number of anilines is 1. The van der Waals surface area contributed by atoms with E-state index >= 15 is 0 Å². The second-order valence-electron chi connectivity index (χ2n) is 4.19. The zero-order chi connectivity index (χ0) is 14.8. The standard InChI is InChI=1S/C13H13BrN2O3S/c1-19-13-4-3-9(8-15-13)10-5-11(14)7-12(6-10)16-20(2,17)18/h3-8,16H,1-2H3. The summed E-state index contributed by atoms with van der Waals surface area (Å²) < 4.78 is 30.8. The van der Waals surface area contributed by atoms with Gasteiger partial charge in [0.2, 0.25) is 15.9 Å². The molecule has 0 unspecified atom stereocenters. The second-order valence-corrected chi connectivity index (χ2v) is 6.86. The van der Waals surface area contributed by atoms with E-state index in [-0.39, 0.29) is 0 Å². The summed E-state index contributed by atoms with van der Waals surface area (Å²) >= 11 is 3.37. The Bertz CT molecular complexity index is 715. The van der Waals surface area contributed by atoms with Gasteiger partial charge in [-0.1, -0.05) is 15.9 Å². The number of ether oxygens (including phenoxy) is 1. The smallest absolute Gasteiger partial charge is 0.229 e. The predicted molar refractivity (Wildman–Crippen MR) is 82.4 cm³/mol. The van der Waals surface area contributed by atoms with E-state index in [9.17, 15) is 8.42 Å². The first-order valence-corrected chi connectivity index (χ1v) is 8.34. The van der Waals surface area contributed by atoms with Crippen molar-refractivity contribution in [3.8, 4) is 17.0 Å². The first-order chi connectivity index (χ1) is 9.37. The summed E-state index contributed by atoms with van der Waals surface area (Å²) in [5, 5.41) is 0. The van der Waals surface area contributed by atoms with Gasteiger partial charge in [0.25, 0.3) is 0 Å². The maximum atomic E-state index is 11.3. The summed E-state index contributed by atoms with van der Waals surface area (Å²) in [7, 11) is -1.76. The van der Waals surface area contributed by atoms with Gasteiger partial charge in [0.15, 0.2) is 0 Å². The molecule has 20 heavy (non-hydrogen) atoms. The van der Waals surface area contributed by atoms with Gasteiger partial charge < -0.3 is 4.74 Å². The minimum atomic E-state index is -3.31. The Morgan fingerprint density at radius 3 is 2.50 bits per heavy atom. The van der Waals surface area contributed by atoms with Gasteiger partial charge in [-0.3, -0.25) is 4.72 Å². The molecule has 0 aliphatic heterocycles. The summed E-state index contributed by atoms with van der Waals surface area (Å²) in [4.78, 5) is 4.13. The average Bonchev–Trinajstić information content (AvgIpc) is 2.36. The molecular weight excluding hydrogens is 344 g/mol. The summed E-state index contributed by atoms with van der Waals surface area (Å²) in [5.41, 5.74) is 2.21. The van der Waals surface area contributed by atoms with E-state index in [1.54, 1.807) is 31.5 Å². The minimum absolute atomic E-state index is 0.493. The number of nitrogens with zero attached hydrogens (tertiary/aromatic N) is 1. The Hall–Kier alpha value is -1.60. The van der Waals surface area contributed by atoms with E-state index in [0.717, 1.165) is 21.9 Å². The van der Waals surface area contributed by atoms with Gasteiger partial charge >= 0.3 is 0 Å². The van der Waals surface area contributed by atoms with Crippen molar-refractivity contribution < 1.29 is 13.2 Å². The molecule has 106 valence electrons. The highest BCUT2D eigenvalue weighted by Crippen LogP contribution is 2.28. The number of sulfonamides is 1. The zero-order valence-corrected chi connectivity index (χ0v) is 13.3. The van der Waals surface area contributed by atoms with Crippen molar-refractivity contribution in [3.05, 3.63) is 41.0 Å². The van der Waals surface area contributed by atoms with Crippen LogP contribution in [0.25, 0.3) is 11.1 Å². The van der Waals surface area contributed by atoms with Gasteiger partial charge in [-0.2, -0.15) is 0 Å². The van der Waals surface area contributed by atoms with Crippen LogP contribution in [0, 0.1) is 0 Å². The lowest BCUT2D eigenvalue weighted by molar-refractivity contribution is 0.398. The molecule has 2 aromatic rings. The highest BCUT2D eigenvalue weighted by molar-refractivity contribution is 9.10. The molecule has 1 N–H and O–H groups in total. The van der Waals surface area contributed by atoms with Crippen LogP contribution in [-0.2, 0) is 10.0 Å². The van der Waals surface area contributed by atoms with Crippen LogP contribution in [0.1, 0.15) is 0 Å². The Balaban J connectivity index is 2.40. The summed E-state index contributed by atoms with van der Waals surface area (Å²) in [6.45, 7) is 0. The molecule has 0 saturated carbocycles. The third kappa shape index (κ3) is 3.94. The van der Waals surface area contributed by atoms with Gasteiger partial charge in [0.1, 0.15) is 0 Å². The van der Waals surface area contributed by atoms with Crippen LogP contribution in [0.2, 0.25) is 0 Å². The van der Waals surface area contributed by atoms with Gasteiger partial charge in [0, 0.05) is 22.3 Å². The van der Waals surface area contributed by atoms with E-state index < -0.39 is 10.0 Å². The first-order valence-electron chi connectivity index (χ1n) is 5.66. The number of benzene rings is 1. The van der Waals surface area contributed by atoms with Crippen LogP contribution >= 0.6 is 15.9 Å². The second kappa shape index (κ2) is 5.80. The molecule has 0 radical (unpaired) electrons. The molecule has 2 rings (SSSR count). The SMILES string of the molecule is COc1ccc(-c2cc(Br)cc(NS(C)(=O)=O)c2)cn1. The van der Waals surface area contributed by atoms with Crippen molar-refractivity contribution in [2.45, 2.75) is 0 Å². The Morgan fingerprint density at radius 2 is 1.95 bits per heavy atom. The Labute approximate surface area is 126 Å². The topological polar surface area (TPSA) is 68.3 Å². The van der Waals surface area contributed by atoms with Gasteiger partial charge in [0.05, 0.1) is 19.1 Å². The largest absolute Gasteiger partial charge is 0.481 e. The third-order valence-corrected chi connectivity index (χ3v) is 3.54. The molecule has 0 saturated heterocycles. The Kier molecular flexibility index (Phi) is 4.29. The lowest BCUT2D eigenvalue weighted by atomic mass is 10.1. The van der Waals surface area contributed by atoms with Crippen LogP contribution in [0.15, 0.2) is 41.0 Å². The maximum Gasteiger partial charge on any atom is 0.229 e. The molecule has 0 spiro atoms. The molecule has 0 fully saturated rings. The van der Waals surface area contributed by atoms with Crippen molar-refractivity contribution in [2.24, 2.45) is 0 Å². The van der Waals surface area contributed by atoms with Crippen LogP contribution in [-0.4, -0.2) is 26.8 Å². The Morgan fingerprint density at radius 1 is 1.20 bits per heavy atom. The fourth-order valence-electron chi connectivity index (χ4n) is 1.70. The lowest BCUT2D eigenvalue weighted by Crippen LogP contribution is -2.09. The number of nitrogens with one attached hydrogen (secondary N) is 1. The molecule has 1 aromatic heterocycles. The van der Waals surface area contributed by atoms with Crippen molar-refractivity contribution in [1.82, 2.24) is 4.98 Å². The summed E-state index contributed by atoms with van der Waals surface area (Å²) in [6, 6.07) is 8.94. The molecule has 5 nitrogen and oxygen atoms in total. The van der Waals surface area contributed by atoms with Crippen LogP contribution in [0.4, 0.5) is 5.69 Å². The molecule has 0 amide bonds. The number of hydrogen-bond donors (Lipinski definition) is 1. The number of methoxy groups -OCH3 is 1. The fraction of sp³-hybridized carbons (Fsp3) is 0.154. The van der Waals surface area contributed by atoms with E-state index in [2.05, 4.69) is 25.6 Å². The highest BCUT2D eigenvalue weighted by Gasteiger charge is 2.07. The average molecular weight is 357 g/mol. The van der Waals surface area contributed by atoms with Gasteiger partial charge in [-0.05, 0) is 29.8 Å². The summed E-state index contributed by atoms with van der Waals surface area (Å²) in [5.74, 6) is 0.526. The monoisotopic (exact) mass is 356 g/mol. The molecule has 0 aliphatic carbocycles. The van der Waals surface area contributed by atoms with Crippen LogP contribution < -0.4 is 9.46 Å². The molecule has 0 atom stereocenters. The highest BCUT2D eigenvalue weighted by atomic mass is 79.9. The van der Waals surface area contributed by atoms with E-state index in [1.165, 1.54) is 0 Å². The van der Waals surface area contributed by atoms with Gasteiger partial charge in [-0.25, -0.2) is 13.4 Å². The molecule has 0 bridgehead atoms. The normalized spacial score (nSPS) is 11.2. The maximum absolute atomic E-state index is 11.3. The molecular formula is C13H13BrN2O3S. The van der Waals surface area contributed by atoms with Crippen LogP contribution in [0.3, 0.4) is 0 Å². The predicted octanol–water partition coefficient (Wildman–Crippen LogP) is 2.89. The number of pyridine rings is 1. The van der Waals surface area contributed by atoms with Gasteiger partial charge in [-0.15, -0.1) is 0 Å². The zero-order valence-electron chi connectivity index (χ0n) is 10.9. The van der Waals surface area contributed by atoms with E-state index in [4.69, 9.17) is 4.74 Å². The third-order valence-electron chi connectivity index (χ3n) is 2.48. The number of aromatic nitrogens is 1. The quantitative estimate of drug-likeness (QED) is 0.914. The van der Waals surface area contributed by atoms with Crippen molar-refractivity contribution in [1.29, 1.82) is 0 Å². The number of rotatable bonds is 4. The van der Waals surface area contributed by atoms with Crippen molar-refractivity contribution >= 4 is 31.6 Å². The molecule has 1 heterocycles.